The molecule has 0 aromatic heterocycles. The van der Waals surface area contributed by atoms with E-state index in [9.17, 15) is 32.1 Å². The molecule has 11 heteroatoms. The van der Waals surface area contributed by atoms with Crippen molar-refractivity contribution < 1.29 is 26.9 Å². The Labute approximate surface area is 130 Å². The summed E-state index contributed by atoms with van der Waals surface area (Å²) >= 11 is 0. The summed E-state index contributed by atoms with van der Waals surface area (Å²) in [5, 5.41) is 11.2. The zero-order valence-corrected chi connectivity index (χ0v) is 12.8. The molecule has 8 nitrogen and oxygen atoms in total. The minimum atomic E-state index is -4.93. The molecule has 0 atom stereocenters. The summed E-state index contributed by atoms with van der Waals surface area (Å²) in [7, 11) is -4.93. The van der Waals surface area contributed by atoms with Gasteiger partial charge in [0.25, 0.3) is 5.69 Å². The molecule has 1 aliphatic heterocycles. The van der Waals surface area contributed by atoms with Gasteiger partial charge < -0.3 is 9.80 Å². The van der Waals surface area contributed by atoms with E-state index >= 15 is 0 Å². The summed E-state index contributed by atoms with van der Waals surface area (Å²) in [6, 6.07) is 2.54. The van der Waals surface area contributed by atoms with E-state index in [-0.39, 0.29) is 24.8 Å². The first-order chi connectivity index (χ1) is 10.7. The number of carbonyl (C=O) groups excluding carboxylic acids is 1. The van der Waals surface area contributed by atoms with Gasteiger partial charge in [-0.15, -0.1) is 0 Å². The fourth-order valence-corrected chi connectivity index (χ4v) is 2.97. The van der Waals surface area contributed by atoms with Crippen LogP contribution in [0, 0.1) is 10.1 Å². The molecule has 126 valence electrons. The van der Waals surface area contributed by atoms with E-state index in [0.29, 0.717) is 12.6 Å². The lowest BCUT2D eigenvalue weighted by Crippen LogP contribution is -2.27. The third-order valence-electron chi connectivity index (χ3n) is 3.45. The van der Waals surface area contributed by atoms with E-state index in [1.54, 1.807) is 6.92 Å². The van der Waals surface area contributed by atoms with Gasteiger partial charge >= 0.3 is 5.76 Å². The molecular weight excluding hydrogens is 336 g/mol. The molecule has 0 saturated carbocycles. The number of nitrogens with zero attached hydrogens (tertiary/aromatic N) is 3. The average molecular weight is 349 g/mol. The number of halogens is 2. The van der Waals surface area contributed by atoms with Crippen molar-refractivity contribution in [3.8, 4) is 0 Å². The molecule has 0 spiro atoms. The Morgan fingerprint density at radius 3 is 2.52 bits per heavy atom. The van der Waals surface area contributed by atoms with E-state index in [1.807, 2.05) is 0 Å². The molecule has 23 heavy (non-hydrogen) atoms. The zero-order valence-electron chi connectivity index (χ0n) is 12.0. The fraction of sp³-hybridized carbons (Fsp3) is 0.417. The van der Waals surface area contributed by atoms with Gasteiger partial charge in [0.15, 0.2) is 0 Å². The van der Waals surface area contributed by atoms with Gasteiger partial charge in [-0.1, -0.05) is 0 Å². The Kier molecular flexibility index (Phi) is 4.50. The fourth-order valence-electron chi connectivity index (χ4n) is 2.23. The minimum absolute atomic E-state index is 0.00696. The molecule has 0 N–H and O–H groups in total. The number of rotatable bonds is 5. The number of nitro benzene ring substituents is 1. The first-order valence-electron chi connectivity index (χ1n) is 6.51. The highest BCUT2D eigenvalue weighted by Gasteiger charge is 2.33. The second-order valence-corrected chi connectivity index (χ2v) is 6.72. The van der Waals surface area contributed by atoms with Gasteiger partial charge in [0, 0.05) is 12.6 Å². The quantitative estimate of drug-likeness (QED) is 0.585. The van der Waals surface area contributed by atoms with Gasteiger partial charge in [0.1, 0.15) is 5.69 Å². The van der Waals surface area contributed by atoms with Crippen molar-refractivity contribution in [3.05, 3.63) is 28.3 Å². The molecule has 1 amide bonds. The van der Waals surface area contributed by atoms with E-state index < -0.39 is 31.1 Å². The number of sulfone groups is 1. The van der Waals surface area contributed by atoms with Crippen LogP contribution < -0.4 is 4.90 Å². The first-order valence-corrected chi connectivity index (χ1v) is 8.06. The summed E-state index contributed by atoms with van der Waals surface area (Å²) in [5.74, 6) is -3.90. The summed E-state index contributed by atoms with van der Waals surface area (Å²) in [6.45, 7) is 2.17. The molecule has 1 aromatic rings. The van der Waals surface area contributed by atoms with Gasteiger partial charge in [-0.25, -0.2) is 8.42 Å². The summed E-state index contributed by atoms with van der Waals surface area (Å²) in [5.41, 5.74) is -0.634. The maximum absolute atomic E-state index is 12.6. The van der Waals surface area contributed by atoms with Crippen molar-refractivity contribution in [2.45, 2.75) is 17.6 Å². The van der Waals surface area contributed by atoms with Crippen LogP contribution in [0.3, 0.4) is 0 Å². The highest BCUT2D eigenvalue weighted by molar-refractivity contribution is 7.91. The van der Waals surface area contributed by atoms with Crippen LogP contribution >= 0.6 is 0 Å². The number of benzene rings is 1. The van der Waals surface area contributed by atoms with Gasteiger partial charge in [-0.3, -0.25) is 14.9 Å². The Morgan fingerprint density at radius 1 is 1.39 bits per heavy atom. The normalized spacial score (nSPS) is 15.6. The van der Waals surface area contributed by atoms with E-state index in [4.69, 9.17) is 0 Å². The third-order valence-corrected chi connectivity index (χ3v) is 4.83. The second kappa shape index (κ2) is 6.07. The van der Waals surface area contributed by atoms with Crippen molar-refractivity contribution in [3.63, 3.8) is 0 Å². The van der Waals surface area contributed by atoms with E-state index in [2.05, 4.69) is 0 Å². The van der Waals surface area contributed by atoms with Gasteiger partial charge in [0.05, 0.1) is 23.0 Å². The highest BCUT2D eigenvalue weighted by Crippen LogP contribution is 2.33. The Balaban J connectivity index is 2.47. The third kappa shape index (κ3) is 3.09. The molecule has 0 bridgehead atoms. The summed E-state index contributed by atoms with van der Waals surface area (Å²) in [6.07, 6.45) is 0. The van der Waals surface area contributed by atoms with Crippen molar-refractivity contribution in [1.82, 2.24) is 4.90 Å². The van der Waals surface area contributed by atoms with E-state index in [1.165, 1.54) is 9.80 Å². The smallest absolute Gasteiger partial charge is 0.339 e. The molecule has 0 unspecified atom stereocenters. The number of hydrogen-bond donors (Lipinski definition) is 0. The number of amides is 1. The summed E-state index contributed by atoms with van der Waals surface area (Å²) < 4.78 is 48.0. The molecule has 1 saturated heterocycles. The van der Waals surface area contributed by atoms with E-state index in [0.717, 1.165) is 12.1 Å². The second-order valence-electron chi connectivity index (χ2n) is 4.80. The van der Waals surface area contributed by atoms with Crippen LogP contribution in [0.1, 0.15) is 6.92 Å². The lowest BCUT2D eigenvalue weighted by Gasteiger charge is -2.18. The van der Waals surface area contributed by atoms with Gasteiger partial charge in [-0.05, 0) is 19.1 Å². The van der Waals surface area contributed by atoms with Crippen LogP contribution in [0.2, 0.25) is 0 Å². The topological polar surface area (TPSA) is 101 Å². The van der Waals surface area contributed by atoms with Crippen LogP contribution in [-0.4, -0.2) is 49.7 Å². The van der Waals surface area contributed by atoms with Crippen molar-refractivity contribution >= 4 is 27.1 Å². The maximum Gasteiger partial charge on any atom is 0.341 e. The SMILES string of the molecule is CCN1CN(c2ccc(S(=O)(=O)C(F)F)cc2[N+](=O)[O-])CC1=O. The number of alkyl halides is 2. The highest BCUT2D eigenvalue weighted by atomic mass is 32.2. The van der Waals surface area contributed by atoms with Gasteiger partial charge in [0.2, 0.25) is 15.7 Å². The largest absolute Gasteiger partial charge is 0.341 e. The number of anilines is 1. The molecular formula is C12H13F2N3O5S. The van der Waals surface area contributed by atoms with Crippen LogP contribution in [0.15, 0.2) is 23.1 Å². The molecule has 1 fully saturated rings. The molecule has 0 radical (unpaired) electrons. The number of nitro groups is 1. The standard InChI is InChI=1S/C12H13F2N3O5S/c1-2-15-7-16(6-11(15)18)9-4-3-8(5-10(9)17(19)20)23(21,22)12(13)14/h3-5,12H,2,6-7H2,1H3. The minimum Gasteiger partial charge on any atom is -0.339 e. The Bertz CT molecular complexity index is 753. The first kappa shape index (κ1) is 17.1. The monoisotopic (exact) mass is 349 g/mol. The van der Waals surface area contributed by atoms with Crippen LogP contribution in [0.5, 0.6) is 0 Å². The maximum atomic E-state index is 12.6. The molecule has 1 aliphatic rings. The average Bonchev–Trinajstić information content (AvgIpc) is 2.87. The van der Waals surface area contributed by atoms with Crippen molar-refractivity contribution in [2.24, 2.45) is 0 Å². The predicted molar refractivity (Wildman–Crippen MR) is 75.9 cm³/mol. The number of likely N-dealkylation sites (N-methyl/N-ethyl adjacent to an activating group) is 1. The zero-order chi connectivity index (χ0) is 17.4. The number of carbonyl (C=O) groups is 1. The predicted octanol–water partition coefficient (Wildman–Crippen LogP) is 1.22. The van der Waals surface area contributed by atoms with Crippen LogP contribution in [-0.2, 0) is 14.6 Å². The molecule has 2 rings (SSSR count). The number of hydrogen-bond acceptors (Lipinski definition) is 6. The van der Waals surface area contributed by atoms with Crippen molar-refractivity contribution in [2.75, 3.05) is 24.7 Å². The Hall–Kier alpha value is -2.30. The van der Waals surface area contributed by atoms with Crippen molar-refractivity contribution in [1.29, 1.82) is 0 Å². The summed E-state index contributed by atoms with van der Waals surface area (Å²) in [4.78, 5) is 24.0. The molecule has 1 heterocycles. The Morgan fingerprint density at radius 2 is 2.04 bits per heavy atom. The molecule has 0 aliphatic carbocycles. The molecule has 1 aromatic carbocycles. The lowest BCUT2D eigenvalue weighted by atomic mass is 10.2. The van der Waals surface area contributed by atoms with Crippen LogP contribution in [0.4, 0.5) is 20.2 Å². The van der Waals surface area contributed by atoms with Gasteiger partial charge in [-0.2, -0.15) is 8.78 Å². The van der Waals surface area contributed by atoms with Crippen LogP contribution in [0.25, 0.3) is 0 Å². The lowest BCUT2D eigenvalue weighted by molar-refractivity contribution is -0.384.